The Morgan fingerprint density at radius 3 is 2.58 bits per heavy atom. The summed E-state index contributed by atoms with van der Waals surface area (Å²) in [7, 11) is 3.76. The van der Waals surface area contributed by atoms with Crippen molar-refractivity contribution in [3.63, 3.8) is 0 Å². The first kappa shape index (κ1) is 20.3. The maximum atomic E-state index is 6.10. The third-order valence-electron chi connectivity index (χ3n) is 4.62. The first-order valence-electron chi connectivity index (χ1n) is 8.90. The van der Waals surface area contributed by atoms with Crippen molar-refractivity contribution in [2.24, 2.45) is 17.5 Å². The molecule has 142 valence electrons. The Labute approximate surface area is 161 Å². The molecule has 0 spiro atoms. The second kappa shape index (κ2) is 8.58. The highest BCUT2D eigenvalue weighted by atomic mass is 35.5. The van der Waals surface area contributed by atoms with Crippen LogP contribution in [0.2, 0.25) is 5.02 Å². The first-order chi connectivity index (χ1) is 12.2. The fourth-order valence-corrected chi connectivity index (χ4v) is 3.26. The molecular formula is C20H30ClN5. The number of aliphatic imine (C=N–C) groups is 1. The van der Waals surface area contributed by atoms with E-state index in [4.69, 9.17) is 11.6 Å². The van der Waals surface area contributed by atoms with Gasteiger partial charge in [0.15, 0.2) is 5.96 Å². The number of hydrogen-bond donors (Lipinski definition) is 2. The van der Waals surface area contributed by atoms with Crippen molar-refractivity contribution in [3.8, 4) is 0 Å². The molecule has 6 heteroatoms. The number of halogens is 1. The monoisotopic (exact) mass is 375 g/mol. The van der Waals surface area contributed by atoms with E-state index in [0.717, 1.165) is 29.6 Å². The van der Waals surface area contributed by atoms with Crippen LogP contribution in [-0.2, 0) is 20.0 Å². The lowest BCUT2D eigenvalue weighted by molar-refractivity contribution is 0.359. The number of benzene rings is 1. The SMILES string of the molecule is CN=C(NCc1c(C)nn(C)c1C)NCC(C)(C)Cc1cccc(Cl)c1. The molecular weight excluding hydrogens is 346 g/mol. The van der Waals surface area contributed by atoms with Gasteiger partial charge >= 0.3 is 0 Å². The average Bonchev–Trinajstić information content (AvgIpc) is 2.80. The molecule has 5 nitrogen and oxygen atoms in total. The van der Waals surface area contributed by atoms with Gasteiger partial charge in [-0.15, -0.1) is 0 Å². The molecule has 0 unspecified atom stereocenters. The summed E-state index contributed by atoms with van der Waals surface area (Å²) in [6.45, 7) is 10.1. The highest BCUT2D eigenvalue weighted by Crippen LogP contribution is 2.22. The summed E-state index contributed by atoms with van der Waals surface area (Å²) in [5, 5.41) is 12.1. The van der Waals surface area contributed by atoms with Gasteiger partial charge in [0.25, 0.3) is 0 Å². The summed E-state index contributed by atoms with van der Waals surface area (Å²) in [5.41, 5.74) is 4.76. The van der Waals surface area contributed by atoms with Gasteiger partial charge in [0.1, 0.15) is 0 Å². The predicted molar refractivity (Wildman–Crippen MR) is 110 cm³/mol. The Morgan fingerprint density at radius 2 is 2.00 bits per heavy atom. The van der Waals surface area contributed by atoms with Gasteiger partial charge in [-0.2, -0.15) is 5.10 Å². The molecule has 26 heavy (non-hydrogen) atoms. The zero-order chi connectivity index (χ0) is 19.3. The third-order valence-corrected chi connectivity index (χ3v) is 4.86. The lowest BCUT2D eigenvalue weighted by atomic mass is 9.86. The minimum absolute atomic E-state index is 0.0719. The van der Waals surface area contributed by atoms with Crippen LogP contribution in [0.3, 0.4) is 0 Å². The zero-order valence-corrected chi connectivity index (χ0v) is 17.4. The average molecular weight is 376 g/mol. The molecule has 0 aliphatic carbocycles. The predicted octanol–water partition coefficient (Wildman–Crippen LogP) is 3.62. The summed E-state index contributed by atoms with van der Waals surface area (Å²) in [5.74, 6) is 0.798. The number of guanidine groups is 1. The lowest BCUT2D eigenvalue weighted by Crippen LogP contribution is -2.42. The largest absolute Gasteiger partial charge is 0.356 e. The van der Waals surface area contributed by atoms with Crippen LogP contribution in [0.25, 0.3) is 0 Å². The van der Waals surface area contributed by atoms with Crippen LogP contribution in [0.5, 0.6) is 0 Å². The molecule has 1 heterocycles. The molecule has 1 aromatic heterocycles. The second-order valence-corrected chi connectivity index (χ2v) is 7.96. The van der Waals surface area contributed by atoms with Crippen LogP contribution in [-0.4, -0.2) is 29.3 Å². The smallest absolute Gasteiger partial charge is 0.191 e. The molecule has 0 aliphatic heterocycles. The van der Waals surface area contributed by atoms with Crippen molar-refractivity contribution in [1.29, 1.82) is 0 Å². The van der Waals surface area contributed by atoms with E-state index in [1.807, 2.05) is 36.9 Å². The van der Waals surface area contributed by atoms with E-state index in [-0.39, 0.29) is 5.41 Å². The minimum Gasteiger partial charge on any atom is -0.356 e. The number of nitrogens with one attached hydrogen (secondary N) is 2. The molecule has 0 saturated carbocycles. The topological polar surface area (TPSA) is 54.2 Å². The standard InChI is InChI=1S/C20H30ClN5/c1-14-18(15(2)26(6)25-14)12-23-19(22-5)24-13-20(3,4)11-16-8-7-9-17(21)10-16/h7-10H,11-13H2,1-6H3,(H2,22,23,24). The first-order valence-corrected chi connectivity index (χ1v) is 9.27. The Morgan fingerprint density at radius 1 is 1.27 bits per heavy atom. The van der Waals surface area contributed by atoms with Crippen molar-refractivity contribution in [3.05, 3.63) is 51.8 Å². The molecule has 1 aromatic carbocycles. The highest BCUT2D eigenvalue weighted by Gasteiger charge is 2.19. The lowest BCUT2D eigenvalue weighted by Gasteiger charge is -2.26. The van der Waals surface area contributed by atoms with E-state index in [9.17, 15) is 0 Å². The van der Waals surface area contributed by atoms with Crippen LogP contribution in [0.15, 0.2) is 29.3 Å². The molecule has 2 aromatic rings. The van der Waals surface area contributed by atoms with E-state index in [2.05, 4.69) is 47.6 Å². The minimum atomic E-state index is 0.0719. The van der Waals surface area contributed by atoms with E-state index in [0.29, 0.717) is 6.54 Å². The summed E-state index contributed by atoms with van der Waals surface area (Å²) >= 11 is 6.10. The van der Waals surface area contributed by atoms with Gasteiger partial charge < -0.3 is 10.6 Å². The van der Waals surface area contributed by atoms with Crippen molar-refractivity contribution in [2.45, 2.75) is 40.7 Å². The molecule has 2 N–H and O–H groups in total. The maximum absolute atomic E-state index is 6.10. The highest BCUT2D eigenvalue weighted by molar-refractivity contribution is 6.30. The van der Waals surface area contributed by atoms with Gasteiger partial charge in [-0.3, -0.25) is 9.67 Å². The van der Waals surface area contributed by atoms with E-state index in [1.54, 1.807) is 7.05 Å². The van der Waals surface area contributed by atoms with Crippen molar-refractivity contribution in [1.82, 2.24) is 20.4 Å². The van der Waals surface area contributed by atoms with E-state index >= 15 is 0 Å². The summed E-state index contributed by atoms with van der Waals surface area (Å²) in [4.78, 5) is 4.34. The Bertz CT molecular complexity index is 777. The van der Waals surface area contributed by atoms with Gasteiger partial charge in [-0.05, 0) is 43.4 Å². The fourth-order valence-electron chi connectivity index (χ4n) is 3.05. The number of nitrogens with zero attached hydrogens (tertiary/aromatic N) is 3. The second-order valence-electron chi connectivity index (χ2n) is 7.52. The van der Waals surface area contributed by atoms with Crippen LogP contribution in [0.4, 0.5) is 0 Å². The third kappa shape index (κ3) is 5.49. The van der Waals surface area contributed by atoms with Crippen LogP contribution in [0.1, 0.15) is 36.4 Å². The van der Waals surface area contributed by atoms with Crippen molar-refractivity contribution >= 4 is 17.6 Å². The molecule has 0 saturated heterocycles. The fraction of sp³-hybridized carbons (Fsp3) is 0.500. The quantitative estimate of drug-likeness (QED) is 0.598. The van der Waals surface area contributed by atoms with Gasteiger partial charge in [-0.1, -0.05) is 37.6 Å². The van der Waals surface area contributed by atoms with Crippen molar-refractivity contribution < 1.29 is 0 Å². The van der Waals surface area contributed by atoms with Gasteiger partial charge in [0, 0.05) is 43.5 Å². The summed E-state index contributed by atoms with van der Waals surface area (Å²) in [6, 6.07) is 8.06. The molecule has 0 bridgehead atoms. The summed E-state index contributed by atoms with van der Waals surface area (Å²) in [6.07, 6.45) is 0.943. The van der Waals surface area contributed by atoms with Gasteiger partial charge in [-0.25, -0.2) is 0 Å². The van der Waals surface area contributed by atoms with Gasteiger partial charge in [0.05, 0.1) is 5.69 Å². The van der Waals surface area contributed by atoms with Gasteiger partial charge in [0.2, 0.25) is 0 Å². The number of rotatable bonds is 6. The Hall–Kier alpha value is -2.01. The molecule has 0 aliphatic rings. The summed E-state index contributed by atoms with van der Waals surface area (Å²) < 4.78 is 1.91. The van der Waals surface area contributed by atoms with Crippen LogP contribution < -0.4 is 10.6 Å². The number of hydrogen-bond acceptors (Lipinski definition) is 2. The van der Waals surface area contributed by atoms with E-state index in [1.165, 1.54) is 16.8 Å². The zero-order valence-electron chi connectivity index (χ0n) is 16.7. The molecule has 0 atom stereocenters. The Kier molecular flexibility index (Phi) is 6.70. The number of aromatic nitrogens is 2. The molecule has 0 amide bonds. The Balaban J connectivity index is 1.91. The normalized spacial score (nSPS) is 12.3. The van der Waals surface area contributed by atoms with Crippen molar-refractivity contribution in [2.75, 3.05) is 13.6 Å². The van der Waals surface area contributed by atoms with Crippen LogP contribution >= 0.6 is 11.6 Å². The van der Waals surface area contributed by atoms with Crippen LogP contribution in [0, 0.1) is 19.3 Å². The number of aryl methyl sites for hydroxylation is 2. The molecule has 2 rings (SSSR count). The maximum Gasteiger partial charge on any atom is 0.191 e. The molecule has 0 fully saturated rings. The molecule has 0 radical (unpaired) electrons. The van der Waals surface area contributed by atoms with E-state index < -0.39 is 0 Å².